The second-order valence-electron chi connectivity index (χ2n) is 5.57. The topological polar surface area (TPSA) is 100 Å². The zero-order chi connectivity index (χ0) is 15.6. The maximum atomic E-state index is 12.3. The molecule has 1 aliphatic heterocycles. The second kappa shape index (κ2) is 6.11. The van der Waals surface area contributed by atoms with E-state index in [2.05, 4.69) is 15.5 Å². The number of aromatic nitrogens is 3. The number of piperidine rings is 1. The summed E-state index contributed by atoms with van der Waals surface area (Å²) in [5.74, 6) is -0.467. The van der Waals surface area contributed by atoms with E-state index in [9.17, 15) is 9.59 Å². The summed E-state index contributed by atoms with van der Waals surface area (Å²) in [7, 11) is 1.82. The zero-order valence-electron chi connectivity index (χ0n) is 12.5. The van der Waals surface area contributed by atoms with Crippen LogP contribution in [0.4, 0.5) is 4.79 Å². The first-order chi connectivity index (χ1) is 9.90. The summed E-state index contributed by atoms with van der Waals surface area (Å²) >= 11 is 0. The zero-order valence-corrected chi connectivity index (χ0v) is 12.5. The number of urea groups is 1. The number of nitrogens with one attached hydrogen (secondary N) is 1. The van der Waals surface area contributed by atoms with Crippen LogP contribution in [0.3, 0.4) is 0 Å². The number of amides is 2. The molecule has 0 saturated carbocycles. The average molecular weight is 295 g/mol. The molecule has 0 aliphatic carbocycles. The lowest BCUT2D eigenvalue weighted by atomic mass is 9.92. The second-order valence-corrected chi connectivity index (χ2v) is 5.57. The Morgan fingerprint density at radius 3 is 2.76 bits per heavy atom. The molecule has 8 heteroatoms. The smallest absolute Gasteiger partial charge is 0.318 e. The van der Waals surface area contributed by atoms with Crippen LogP contribution >= 0.6 is 0 Å². The monoisotopic (exact) mass is 295 g/mol. The Morgan fingerprint density at radius 2 is 2.24 bits per heavy atom. The molecule has 2 amide bonds. The van der Waals surface area contributed by atoms with Crippen LogP contribution in [0.2, 0.25) is 0 Å². The summed E-state index contributed by atoms with van der Waals surface area (Å²) in [6.07, 6.45) is 2.56. The van der Waals surface area contributed by atoms with Gasteiger partial charge in [0, 0.05) is 19.6 Å². The molecule has 1 aromatic rings. The molecule has 1 aliphatic rings. The minimum absolute atomic E-state index is 0.0912. The minimum atomic E-state index is -0.783. The molecule has 0 radical (unpaired) electrons. The van der Waals surface area contributed by atoms with Crippen LogP contribution in [0.5, 0.6) is 0 Å². The van der Waals surface area contributed by atoms with E-state index in [1.54, 1.807) is 15.8 Å². The number of carbonyl (C=O) groups is 2. The molecule has 116 valence electrons. The van der Waals surface area contributed by atoms with Gasteiger partial charge < -0.3 is 19.9 Å². The Bertz CT molecular complexity index is 530. The van der Waals surface area contributed by atoms with Crippen LogP contribution in [0.15, 0.2) is 6.33 Å². The molecular formula is C13H21N5O3. The van der Waals surface area contributed by atoms with Crippen molar-refractivity contribution < 1.29 is 14.7 Å². The number of likely N-dealkylation sites (tertiary alicyclic amines) is 1. The summed E-state index contributed by atoms with van der Waals surface area (Å²) in [5.41, 5.74) is 0. The largest absolute Gasteiger partial charge is 0.481 e. The first-order valence-corrected chi connectivity index (χ1v) is 7.04. The van der Waals surface area contributed by atoms with Crippen molar-refractivity contribution in [2.45, 2.75) is 38.8 Å². The van der Waals surface area contributed by atoms with E-state index >= 15 is 0 Å². The van der Waals surface area contributed by atoms with Gasteiger partial charge in [0.25, 0.3) is 0 Å². The highest BCUT2D eigenvalue weighted by molar-refractivity contribution is 5.76. The van der Waals surface area contributed by atoms with Crippen LogP contribution in [-0.4, -0.2) is 49.4 Å². The molecule has 2 N–H and O–H groups in total. The summed E-state index contributed by atoms with van der Waals surface area (Å²) in [6, 6.07) is -0.539. The fourth-order valence-electron chi connectivity index (χ4n) is 2.72. The van der Waals surface area contributed by atoms with E-state index in [1.165, 1.54) is 0 Å². The van der Waals surface area contributed by atoms with Gasteiger partial charge in [-0.2, -0.15) is 0 Å². The standard InChI is InChI=1S/C13H21N5O3/c1-8-6-10(12(19)20)4-5-18(8)13(21)15-9(2)11-16-14-7-17(11)3/h7-10H,4-6H2,1-3H3,(H,15,21)(H,19,20). The summed E-state index contributed by atoms with van der Waals surface area (Å²) in [6.45, 7) is 4.17. The lowest BCUT2D eigenvalue weighted by Gasteiger charge is -2.36. The Kier molecular flexibility index (Phi) is 4.44. The van der Waals surface area contributed by atoms with Crippen molar-refractivity contribution >= 4 is 12.0 Å². The van der Waals surface area contributed by atoms with Gasteiger partial charge in [-0.05, 0) is 26.7 Å². The Labute approximate surface area is 123 Å². The van der Waals surface area contributed by atoms with E-state index in [0.29, 0.717) is 25.2 Å². The number of hydrogen-bond acceptors (Lipinski definition) is 4. The van der Waals surface area contributed by atoms with Gasteiger partial charge in [-0.1, -0.05) is 0 Å². The molecule has 0 aromatic carbocycles. The normalized spacial score (nSPS) is 23.7. The molecule has 21 heavy (non-hydrogen) atoms. The van der Waals surface area contributed by atoms with Gasteiger partial charge in [0.05, 0.1) is 12.0 Å². The maximum absolute atomic E-state index is 12.3. The van der Waals surface area contributed by atoms with E-state index in [1.807, 2.05) is 20.9 Å². The number of carbonyl (C=O) groups excluding carboxylic acids is 1. The molecule has 0 spiro atoms. The molecule has 2 heterocycles. The molecule has 3 atom stereocenters. The van der Waals surface area contributed by atoms with Gasteiger partial charge in [0.15, 0.2) is 5.82 Å². The number of hydrogen-bond donors (Lipinski definition) is 2. The Hall–Kier alpha value is -2.12. The van der Waals surface area contributed by atoms with Crippen LogP contribution in [0, 0.1) is 5.92 Å². The third kappa shape index (κ3) is 3.32. The third-order valence-electron chi connectivity index (χ3n) is 3.96. The quantitative estimate of drug-likeness (QED) is 0.858. The van der Waals surface area contributed by atoms with E-state index in [-0.39, 0.29) is 24.0 Å². The van der Waals surface area contributed by atoms with Crippen molar-refractivity contribution in [1.82, 2.24) is 25.0 Å². The van der Waals surface area contributed by atoms with Crippen LogP contribution < -0.4 is 5.32 Å². The summed E-state index contributed by atoms with van der Waals surface area (Å²) in [4.78, 5) is 25.0. The number of rotatable bonds is 3. The molecule has 3 unspecified atom stereocenters. The van der Waals surface area contributed by atoms with Crippen molar-refractivity contribution in [3.8, 4) is 0 Å². The molecule has 1 aromatic heterocycles. The van der Waals surface area contributed by atoms with Crippen molar-refractivity contribution in [1.29, 1.82) is 0 Å². The van der Waals surface area contributed by atoms with Gasteiger partial charge >= 0.3 is 12.0 Å². The Morgan fingerprint density at radius 1 is 1.52 bits per heavy atom. The molecule has 1 saturated heterocycles. The van der Waals surface area contributed by atoms with Gasteiger partial charge in [-0.25, -0.2) is 4.79 Å². The van der Waals surface area contributed by atoms with Crippen molar-refractivity contribution in [2.24, 2.45) is 13.0 Å². The number of aryl methyl sites for hydroxylation is 1. The first-order valence-electron chi connectivity index (χ1n) is 7.04. The van der Waals surface area contributed by atoms with Gasteiger partial charge in [0.2, 0.25) is 0 Å². The highest BCUT2D eigenvalue weighted by Gasteiger charge is 2.32. The highest BCUT2D eigenvalue weighted by atomic mass is 16.4. The van der Waals surface area contributed by atoms with Crippen LogP contribution in [-0.2, 0) is 11.8 Å². The molecular weight excluding hydrogens is 274 g/mol. The maximum Gasteiger partial charge on any atom is 0.318 e. The third-order valence-corrected chi connectivity index (χ3v) is 3.96. The summed E-state index contributed by atoms with van der Waals surface area (Å²) in [5, 5.41) is 19.7. The predicted molar refractivity (Wildman–Crippen MR) is 74.5 cm³/mol. The lowest BCUT2D eigenvalue weighted by molar-refractivity contribution is -0.143. The number of carboxylic acid groups (broad SMARTS) is 1. The molecule has 0 bridgehead atoms. The summed E-state index contributed by atoms with van der Waals surface area (Å²) < 4.78 is 1.75. The van der Waals surface area contributed by atoms with Crippen molar-refractivity contribution in [2.75, 3.05) is 6.54 Å². The molecule has 2 rings (SSSR count). The van der Waals surface area contributed by atoms with E-state index in [4.69, 9.17) is 5.11 Å². The predicted octanol–water partition coefficient (Wildman–Crippen LogP) is 0.771. The highest BCUT2D eigenvalue weighted by Crippen LogP contribution is 2.23. The van der Waals surface area contributed by atoms with Gasteiger partial charge in [-0.15, -0.1) is 10.2 Å². The lowest BCUT2D eigenvalue weighted by Crippen LogP contribution is -2.50. The van der Waals surface area contributed by atoms with Gasteiger partial charge in [-0.3, -0.25) is 4.79 Å². The Balaban J connectivity index is 1.95. The molecule has 8 nitrogen and oxygen atoms in total. The fourth-order valence-corrected chi connectivity index (χ4v) is 2.72. The van der Waals surface area contributed by atoms with Crippen LogP contribution in [0.1, 0.15) is 38.6 Å². The number of carboxylic acids is 1. The minimum Gasteiger partial charge on any atom is -0.481 e. The fraction of sp³-hybridized carbons (Fsp3) is 0.692. The van der Waals surface area contributed by atoms with Crippen LogP contribution in [0.25, 0.3) is 0 Å². The number of aliphatic carboxylic acids is 1. The van der Waals surface area contributed by atoms with Crippen molar-refractivity contribution in [3.05, 3.63) is 12.2 Å². The number of nitrogens with zero attached hydrogens (tertiary/aromatic N) is 4. The van der Waals surface area contributed by atoms with E-state index < -0.39 is 5.97 Å². The first kappa shape index (κ1) is 15.3. The SMILES string of the molecule is CC(NC(=O)N1CCC(C(=O)O)CC1C)c1nncn1C. The van der Waals surface area contributed by atoms with Crippen molar-refractivity contribution in [3.63, 3.8) is 0 Å². The van der Waals surface area contributed by atoms with Gasteiger partial charge in [0.1, 0.15) is 6.33 Å². The molecule has 1 fully saturated rings. The van der Waals surface area contributed by atoms with E-state index in [0.717, 1.165) is 0 Å². The average Bonchev–Trinajstić information content (AvgIpc) is 2.84.